The van der Waals surface area contributed by atoms with Crippen LogP contribution in [0.1, 0.15) is 12.0 Å². The molecule has 1 aromatic carbocycles. The lowest BCUT2D eigenvalue weighted by Gasteiger charge is -2.25. The van der Waals surface area contributed by atoms with Gasteiger partial charge in [0.2, 0.25) is 5.91 Å². The maximum absolute atomic E-state index is 13.0. The third-order valence-corrected chi connectivity index (χ3v) is 3.98. The van der Waals surface area contributed by atoms with Gasteiger partial charge in [0.25, 0.3) is 0 Å². The van der Waals surface area contributed by atoms with Crippen molar-refractivity contribution in [2.24, 2.45) is 0 Å². The van der Waals surface area contributed by atoms with Gasteiger partial charge in [0.05, 0.1) is 31.0 Å². The number of aromatic nitrogens is 2. The first-order chi connectivity index (χ1) is 11.6. The summed E-state index contributed by atoms with van der Waals surface area (Å²) in [6.45, 7) is 2.66. The molecule has 1 aliphatic rings. The zero-order chi connectivity index (χ0) is 16.9. The van der Waals surface area contributed by atoms with Gasteiger partial charge in [0.15, 0.2) is 0 Å². The molecule has 0 spiro atoms. The summed E-state index contributed by atoms with van der Waals surface area (Å²) >= 11 is 0. The predicted octanol–water partition coefficient (Wildman–Crippen LogP) is 1.35. The van der Waals surface area contributed by atoms with Crippen LogP contribution in [-0.4, -0.2) is 53.4 Å². The number of ether oxygens (including phenoxy) is 1. The van der Waals surface area contributed by atoms with Crippen LogP contribution in [0.15, 0.2) is 36.7 Å². The van der Waals surface area contributed by atoms with Gasteiger partial charge in [-0.2, -0.15) is 5.10 Å². The molecule has 6 nitrogen and oxygen atoms in total. The van der Waals surface area contributed by atoms with Crippen molar-refractivity contribution in [1.29, 1.82) is 0 Å². The Labute approximate surface area is 140 Å². The second-order valence-electron chi connectivity index (χ2n) is 5.92. The van der Waals surface area contributed by atoms with Gasteiger partial charge in [-0.1, -0.05) is 0 Å². The van der Waals surface area contributed by atoms with Crippen molar-refractivity contribution in [1.82, 2.24) is 20.0 Å². The van der Waals surface area contributed by atoms with E-state index in [-0.39, 0.29) is 17.8 Å². The van der Waals surface area contributed by atoms with Crippen LogP contribution in [0.2, 0.25) is 0 Å². The molecule has 0 saturated carbocycles. The summed E-state index contributed by atoms with van der Waals surface area (Å²) in [6.07, 6.45) is 3.87. The Morgan fingerprint density at radius 1 is 1.46 bits per heavy atom. The molecule has 2 heterocycles. The molecule has 128 valence electrons. The van der Waals surface area contributed by atoms with Gasteiger partial charge < -0.3 is 15.0 Å². The molecule has 1 N–H and O–H groups in total. The summed E-state index contributed by atoms with van der Waals surface area (Å²) in [5.41, 5.74) is 1.69. The summed E-state index contributed by atoms with van der Waals surface area (Å²) in [5, 5.41) is 7.48. The van der Waals surface area contributed by atoms with Crippen molar-refractivity contribution >= 4 is 5.91 Å². The van der Waals surface area contributed by atoms with Crippen LogP contribution in [0.4, 0.5) is 4.39 Å². The fraction of sp³-hybridized carbons (Fsp3) is 0.412. The zero-order valence-electron chi connectivity index (χ0n) is 13.6. The molecular formula is C17H21FN4O2. The van der Waals surface area contributed by atoms with Gasteiger partial charge in [-0.3, -0.25) is 4.79 Å². The third-order valence-electron chi connectivity index (χ3n) is 3.98. The second kappa shape index (κ2) is 7.55. The van der Waals surface area contributed by atoms with Gasteiger partial charge in [-0.25, -0.2) is 9.07 Å². The van der Waals surface area contributed by atoms with Crippen LogP contribution >= 0.6 is 0 Å². The van der Waals surface area contributed by atoms with E-state index in [0.29, 0.717) is 26.1 Å². The minimum absolute atomic E-state index is 0.0400. The number of carbonyl (C=O) groups excluding carboxylic acids is 1. The highest BCUT2D eigenvalue weighted by Crippen LogP contribution is 2.12. The number of benzene rings is 1. The molecule has 1 aromatic heterocycles. The molecule has 1 amide bonds. The van der Waals surface area contributed by atoms with Crippen LogP contribution in [0, 0.1) is 5.82 Å². The van der Waals surface area contributed by atoms with E-state index in [0.717, 1.165) is 17.8 Å². The minimum Gasteiger partial charge on any atom is -0.375 e. The largest absolute Gasteiger partial charge is 0.375 e. The van der Waals surface area contributed by atoms with E-state index < -0.39 is 0 Å². The van der Waals surface area contributed by atoms with Crippen LogP contribution in [0.3, 0.4) is 0 Å². The smallest absolute Gasteiger partial charge is 0.225 e. The maximum atomic E-state index is 13.0. The first-order valence-corrected chi connectivity index (χ1v) is 7.97. The number of hydrogen-bond acceptors (Lipinski definition) is 4. The van der Waals surface area contributed by atoms with E-state index in [1.807, 2.05) is 6.20 Å². The first kappa shape index (κ1) is 16.6. The van der Waals surface area contributed by atoms with Gasteiger partial charge in [-0.15, -0.1) is 0 Å². The number of hydrogen-bond donors (Lipinski definition) is 1. The van der Waals surface area contributed by atoms with Crippen LogP contribution in [-0.2, 0) is 16.1 Å². The molecule has 0 aliphatic carbocycles. The lowest BCUT2D eigenvalue weighted by molar-refractivity contribution is -0.133. The summed E-state index contributed by atoms with van der Waals surface area (Å²) in [7, 11) is 1.77. The first-order valence-electron chi connectivity index (χ1n) is 7.97. The molecule has 1 atom stereocenters. The van der Waals surface area contributed by atoms with Crippen molar-refractivity contribution < 1.29 is 13.9 Å². The number of nitrogens with one attached hydrogen (secondary N) is 1. The highest BCUT2D eigenvalue weighted by Gasteiger charge is 2.20. The zero-order valence-corrected chi connectivity index (χ0v) is 13.6. The Hall–Kier alpha value is -2.25. The van der Waals surface area contributed by atoms with Crippen molar-refractivity contribution in [2.75, 3.05) is 26.7 Å². The summed E-state index contributed by atoms with van der Waals surface area (Å²) in [5.74, 6) is -0.242. The SMILES string of the molecule is CN(Cc1cnn(-c2ccc(F)cc2)c1)C(=O)CC1CNCCO1. The predicted molar refractivity (Wildman–Crippen MR) is 87.2 cm³/mol. The Bertz CT molecular complexity index is 680. The monoisotopic (exact) mass is 332 g/mol. The second-order valence-corrected chi connectivity index (χ2v) is 5.92. The van der Waals surface area contributed by atoms with Crippen LogP contribution < -0.4 is 5.32 Å². The maximum Gasteiger partial charge on any atom is 0.225 e. The van der Waals surface area contributed by atoms with Gasteiger partial charge >= 0.3 is 0 Å². The average Bonchev–Trinajstić information content (AvgIpc) is 3.05. The highest BCUT2D eigenvalue weighted by atomic mass is 19.1. The van der Waals surface area contributed by atoms with E-state index in [1.165, 1.54) is 12.1 Å². The quantitative estimate of drug-likeness (QED) is 0.898. The number of halogens is 1. The molecule has 1 unspecified atom stereocenters. The standard InChI is InChI=1S/C17H21FN4O2/c1-21(17(23)8-16-10-19-6-7-24-16)11-13-9-20-22(12-13)15-4-2-14(18)3-5-15/h2-5,9,12,16,19H,6-8,10-11H2,1H3. The fourth-order valence-corrected chi connectivity index (χ4v) is 2.64. The highest BCUT2D eigenvalue weighted by molar-refractivity contribution is 5.76. The van der Waals surface area contributed by atoms with E-state index in [2.05, 4.69) is 10.4 Å². The molecule has 2 aromatic rings. The molecule has 1 fully saturated rings. The molecular weight excluding hydrogens is 311 g/mol. The summed E-state index contributed by atoms with van der Waals surface area (Å²) < 4.78 is 20.2. The Kier molecular flexibility index (Phi) is 5.22. The lowest BCUT2D eigenvalue weighted by Crippen LogP contribution is -2.41. The number of rotatable bonds is 5. The molecule has 1 aliphatic heterocycles. The van der Waals surface area contributed by atoms with Crippen LogP contribution in [0.25, 0.3) is 5.69 Å². The summed E-state index contributed by atoms with van der Waals surface area (Å²) in [4.78, 5) is 13.9. The molecule has 24 heavy (non-hydrogen) atoms. The molecule has 0 radical (unpaired) electrons. The molecule has 0 bridgehead atoms. The lowest BCUT2D eigenvalue weighted by atomic mass is 10.2. The Morgan fingerprint density at radius 3 is 2.96 bits per heavy atom. The molecule has 1 saturated heterocycles. The number of morpholine rings is 1. The van der Waals surface area contributed by atoms with E-state index in [9.17, 15) is 9.18 Å². The number of nitrogens with zero attached hydrogens (tertiary/aromatic N) is 3. The molecule has 7 heteroatoms. The van der Waals surface area contributed by atoms with Gasteiger partial charge in [-0.05, 0) is 24.3 Å². The van der Waals surface area contributed by atoms with E-state index in [1.54, 1.807) is 35.0 Å². The molecule has 3 rings (SSSR count). The number of carbonyl (C=O) groups is 1. The third kappa shape index (κ3) is 4.18. The van der Waals surface area contributed by atoms with Crippen molar-refractivity contribution in [3.63, 3.8) is 0 Å². The van der Waals surface area contributed by atoms with Gasteiger partial charge in [0.1, 0.15) is 5.82 Å². The van der Waals surface area contributed by atoms with E-state index >= 15 is 0 Å². The fourth-order valence-electron chi connectivity index (χ4n) is 2.64. The minimum atomic E-state index is -0.282. The van der Waals surface area contributed by atoms with E-state index in [4.69, 9.17) is 4.74 Å². The van der Waals surface area contributed by atoms with Crippen molar-refractivity contribution in [3.05, 3.63) is 48.0 Å². The van der Waals surface area contributed by atoms with Crippen molar-refractivity contribution in [3.8, 4) is 5.69 Å². The normalized spacial score (nSPS) is 17.7. The Morgan fingerprint density at radius 2 is 2.25 bits per heavy atom. The average molecular weight is 332 g/mol. The van der Waals surface area contributed by atoms with Crippen molar-refractivity contribution in [2.45, 2.75) is 19.1 Å². The Balaban J connectivity index is 1.57. The topological polar surface area (TPSA) is 59.4 Å². The number of amides is 1. The van der Waals surface area contributed by atoms with Gasteiger partial charge in [0, 0.05) is 38.4 Å². The summed E-state index contributed by atoms with van der Waals surface area (Å²) in [6, 6.07) is 6.11. The van der Waals surface area contributed by atoms with Crippen LogP contribution in [0.5, 0.6) is 0 Å².